The van der Waals surface area contributed by atoms with Crippen LogP contribution >= 0.6 is 11.6 Å². The summed E-state index contributed by atoms with van der Waals surface area (Å²) in [6.07, 6.45) is 0.316. The Morgan fingerprint density at radius 2 is 1.71 bits per heavy atom. The summed E-state index contributed by atoms with van der Waals surface area (Å²) in [4.78, 5) is 5.35. The first-order valence-corrected chi connectivity index (χ1v) is 11.4. The molecule has 0 aliphatic rings. The highest BCUT2D eigenvalue weighted by Crippen LogP contribution is 2.32. The van der Waals surface area contributed by atoms with Crippen LogP contribution in [-0.4, -0.2) is 26.7 Å². The van der Waals surface area contributed by atoms with E-state index in [4.69, 9.17) is 16.4 Å². The van der Waals surface area contributed by atoms with Crippen molar-refractivity contribution in [2.24, 2.45) is 5.16 Å². The van der Waals surface area contributed by atoms with E-state index < -0.39 is 15.5 Å². The lowest BCUT2D eigenvalue weighted by Gasteiger charge is -2.24. The van der Waals surface area contributed by atoms with Crippen molar-refractivity contribution in [1.82, 2.24) is 0 Å². The van der Waals surface area contributed by atoms with Gasteiger partial charge in [-0.1, -0.05) is 61.3 Å². The number of halogens is 4. The Hall–Kier alpha value is -2.26. The third kappa shape index (κ3) is 6.87. The van der Waals surface area contributed by atoms with Crippen LogP contribution in [0.5, 0.6) is 0 Å². The Balaban J connectivity index is 0.00000233. The normalized spacial score (nSPS) is 12.1. The number of oxime groups is 1. The molecule has 0 N–H and O–H groups in total. The standard InChI is InChI=1S/C19H20ClF3N2O3S.C2H6/c1-4-17(24-28-12-14-6-8-15(20)9-7-14)16-11-13(2)5-10-18(16)25(3)29(26,27)19(21,22)23;1-2/h5-11H,4,12H2,1-3H3;1-2H3/b24-17+;. The number of benzene rings is 2. The van der Waals surface area contributed by atoms with E-state index in [1.54, 1.807) is 44.2 Å². The van der Waals surface area contributed by atoms with Gasteiger partial charge in [0.15, 0.2) is 0 Å². The summed E-state index contributed by atoms with van der Waals surface area (Å²) in [6, 6.07) is 11.3. The average Bonchev–Trinajstić information content (AvgIpc) is 2.72. The molecule has 5 nitrogen and oxygen atoms in total. The maximum atomic E-state index is 13.0. The largest absolute Gasteiger partial charge is 0.516 e. The van der Waals surface area contributed by atoms with Crippen LogP contribution in [0.3, 0.4) is 0 Å². The van der Waals surface area contributed by atoms with Crippen LogP contribution in [0.4, 0.5) is 18.9 Å². The first-order valence-electron chi connectivity index (χ1n) is 9.57. The number of rotatable bonds is 7. The average molecular weight is 479 g/mol. The molecule has 0 unspecified atom stereocenters. The molecule has 172 valence electrons. The Bertz CT molecular complexity index is 992. The lowest BCUT2D eigenvalue weighted by atomic mass is 10.0. The molecule has 2 rings (SSSR count). The second-order valence-electron chi connectivity index (χ2n) is 6.23. The summed E-state index contributed by atoms with van der Waals surface area (Å²) in [6.45, 7) is 7.61. The third-order valence-electron chi connectivity index (χ3n) is 4.11. The van der Waals surface area contributed by atoms with Crippen LogP contribution in [0.15, 0.2) is 47.6 Å². The van der Waals surface area contributed by atoms with Crippen molar-refractivity contribution in [3.63, 3.8) is 0 Å². The predicted octanol–water partition coefficient (Wildman–Crippen LogP) is 6.29. The van der Waals surface area contributed by atoms with Crippen molar-refractivity contribution < 1.29 is 26.4 Å². The Kier molecular flexibility index (Phi) is 9.83. The molecule has 2 aromatic carbocycles. The van der Waals surface area contributed by atoms with Crippen LogP contribution in [0.25, 0.3) is 0 Å². The number of aryl methyl sites for hydroxylation is 1. The van der Waals surface area contributed by atoms with E-state index in [0.29, 0.717) is 17.2 Å². The van der Waals surface area contributed by atoms with Gasteiger partial charge in [-0.2, -0.15) is 21.6 Å². The first-order chi connectivity index (χ1) is 14.5. The van der Waals surface area contributed by atoms with Gasteiger partial charge in [0.05, 0.1) is 11.4 Å². The molecule has 0 radical (unpaired) electrons. The van der Waals surface area contributed by atoms with E-state index >= 15 is 0 Å². The van der Waals surface area contributed by atoms with Gasteiger partial charge < -0.3 is 4.84 Å². The van der Waals surface area contributed by atoms with E-state index in [1.807, 2.05) is 13.8 Å². The highest BCUT2D eigenvalue weighted by atomic mass is 35.5. The lowest BCUT2D eigenvalue weighted by molar-refractivity contribution is -0.0437. The summed E-state index contributed by atoms with van der Waals surface area (Å²) >= 11 is 5.83. The predicted molar refractivity (Wildman–Crippen MR) is 119 cm³/mol. The molecule has 0 aliphatic carbocycles. The zero-order chi connectivity index (χ0) is 23.8. The van der Waals surface area contributed by atoms with Gasteiger partial charge in [-0.3, -0.25) is 4.31 Å². The van der Waals surface area contributed by atoms with Gasteiger partial charge >= 0.3 is 15.5 Å². The maximum absolute atomic E-state index is 13.0. The van der Waals surface area contributed by atoms with Gasteiger partial charge in [0.1, 0.15) is 6.61 Å². The highest BCUT2D eigenvalue weighted by molar-refractivity contribution is 7.93. The van der Waals surface area contributed by atoms with Gasteiger partial charge in [0.25, 0.3) is 0 Å². The molecular weight excluding hydrogens is 453 g/mol. The monoisotopic (exact) mass is 478 g/mol. The van der Waals surface area contributed by atoms with Crippen molar-refractivity contribution in [1.29, 1.82) is 0 Å². The summed E-state index contributed by atoms with van der Waals surface area (Å²) in [5.74, 6) is 0. The Labute approximate surface area is 186 Å². The molecule has 31 heavy (non-hydrogen) atoms. The lowest BCUT2D eigenvalue weighted by Crippen LogP contribution is -2.38. The summed E-state index contributed by atoms with van der Waals surface area (Å²) in [7, 11) is -4.69. The quantitative estimate of drug-likeness (QED) is 0.347. The minimum Gasteiger partial charge on any atom is -0.391 e. The minimum atomic E-state index is -5.55. The van der Waals surface area contributed by atoms with Crippen LogP contribution in [0.2, 0.25) is 5.02 Å². The number of hydrogen-bond donors (Lipinski definition) is 0. The van der Waals surface area contributed by atoms with E-state index in [9.17, 15) is 21.6 Å². The number of anilines is 1. The van der Waals surface area contributed by atoms with Crippen molar-refractivity contribution in [3.05, 3.63) is 64.2 Å². The number of nitrogens with zero attached hydrogens (tertiary/aromatic N) is 2. The van der Waals surface area contributed by atoms with Crippen molar-refractivity contribution in [2.45, 2.75) is 46.2 Å². The van der Waals surface area contributed by atoms with Crippen LogP contribution < -0.4 is 4.31 Å². The SMILES string of the molecule is CC.CC/C(=N\OCc1ccc(Cl)cc1)c1cc(C)ccc1N(C)S(=O)(=O)C(F)(F)F. The fourth-order valence-corrected chi connectivity index (χ4v) is 3.36. The molecule has 0 atom stereocenters. The van der Waals surface area contributed by atoms with E-state index in [0.717, 1.165) is 18.2 Å². The zero-order valence-corrected chi connectivity index (χ0v) is 19.6. The van der Waals surface area contributed by atoms with Gasteiger partial charge in [0.2, 0.25) is 0 Å². The van der Waals surface area contributed by atoms with Crippen molar-refractivity contribution in [3.8, 4) is 0 Å². The molecule has 0 spiro atoms. The third-order valence-corrected chi connectivity index (χ3v) is 5.86. The molecule has 0 aliphatic heterocycles. The zero-order valence-electron chi connectivity index (χ0n) is 18.0. The Morgan fingerprint density at radius 3 is 2.23 bits per heavy atom. The molecule has 0 amide bonds. The second-order valence-corrected chi connectivity index (χ2v) is 8.63. The van der Waals surface area contributed by atoms with Crippen molar-refractivity contribution >= 4 is 33.0 Å². The molecule has 10 heteroatoms. The van der Waals surface area contributed by atoms with Crippen LogP contribution in [0.1, 0.15) is 43.9 Å². The van der Waals surface area contributed by atoms with Gasteiger partial charge in [-0.15, -0.1) is 0 Å². The molecule has 2 aromatic rings. The van der Waals surface area contributed by atoms with E-state index in [-0.39, 0.29) is 22.2 Å². The van der Waals surface area contributed by atoms with Gasteiger partial charge in [-0.25, -0.2) is 0 Å². The topological polar surface area (TPSA) is 59.0 Å². The number of alkyl halides is 3. The Morgan fingerprint density at radius 1 is 1.13 bits per heavy atom. The van der Waals surface area contributed by atoms with E-state index in [2.05, 4.69) is 5.16 Å². The smallest absolute Gasteiger partial charge is 0.391 e. The van der Waals surface area contributed by atoms with E-state index in [1.165, 1.54) is 12.1 Å². The maximum Gasteiger partial charge on any atom is 0.516 e. The summed E-state index contributed by atoms with van der Waals surface area (Å²) in [5, 5.41) is 4.61. The van der Waals surface area contributed by atoms with Gasteiger partial charge in [0, 0.05) is 17.6 Å². The number of sulfonamides is 1. The number of hydrogen-bond acceptors (Lipinski definition) is 4. The molecule has 0 aromatic heterocycles. The van der Waals surface area contributed by atoms with Crippen molar-refractivity contribution in [2.75, 3.05) is 11.4 Å². The summed E-state index contributed by atoms with van der Waals surface area (Å²) < 4.78 is 62.9. The molecule has 0 saturated carbocycles. The molecule has 0 saturated heterocycles. The molecule has 0 fully saturated rings. The summed E-state index contributed by atoms with van der Waals surface area (Å²) in [5.41, 5.74) is -3.45. The second kappa shape index (κ2) is 11.4. The van der Waals surface area contributed by atoms with Crippen LogP contribution in [-0.2, 0) is 21.5 Å². The fraction of sp³-hybridized carbons (Fsp3) is 0.381. The van der Waals surface area contributed by atoms with Gasteiger partial charge in [-0.05, 0) is 43.2 Å². The molecular formula is C21H26ClF3N2O3S. The minimum absolute atomic E-state index is 0.124. The highest BCUT2D eigenvalue weighted by Gasteiger charge is 2.49. The molecule has 0 bridgehead atoms. The van der Waals surface area contributed by atoms with Crippen LogP contribution in [0, 0.1) is 6.92 Å². The molecule has 0 heterocycles. The first kappa shape index (κ1) is 26.8. The fourth-order valence-electron chi connectivity index (χ4n) is 2.51.